The zero-order chi connectivity index (χ0) is 15.9. The number of rotatable bonds is 6. The molecule has 1 saturated heterocycles. The van der Waals surface area contributed by atoms with E-state index in [9.17, 15) is 4.79 Å². The number of thiophene rings is 1. The van der Waals surface area contributed by atoms with Gasteiger partial charge in [-0.3, -0.25) is 9.69 Å². The van der Waals surface area contributed by atoms with E-state index in [4.69, 9.17) is 0 Å². The Morgan fingerprint density at radius 2 is 2.12 bits per heavy atom. The van der Waals surface area contributed by atoms with E-state index >= 15 is 0 Å². The second kappa shape index (κ2) is 7.32. The zero-order valence-corrected chi connectivity index (χ0v) is 16.0. The van der Waals surface area contributed by atoms with Gasteiger partial charge in [0.1, 0.15) is 0 Å². The molecule has 0 bridgehead atoms. The molecular formula is C18H28ClN3OS. The van der Waals surface area contributed by atoms with Gasteiger partial charge >= 0.3 is 0 Å². The second-order valence-corrected chi connectivity index (χ2v) is 8.38. The third kappa shape index (κ3) is 3.79. The minimum atomic E-state index is 0. The number of carbonyl (C=O) groups is 1. The monoisotopic (exact) mass is 369 g/mol. The lowest BCUT2D eigenvalue weighted by molar-refractivity contribution is -0.132. The molecular weight excluding hydrogens is 342 g/mol. The third-order valence-electron chi connectivity index (χ3n) is 5.98. The minimum absolute atomic E-state index is 0. The molecule has 24 heavy (non-hydrogen) atoms. The second-order valence-electron chi connectivity index (χ2n) is 7.60. The van der Waals surface area contributed by atoms with E-state index in [1.807, 2.05) is 11.9 Å². The molecule has 3 fully saturated rings. The van der Waals surface area contributed by atoms with Crippen molar-refractivity contribution in [3.05, 3.63) is 22.4 Å². The summed E-state index contributed by atoms with van der Waals surface area (Å²) in [6.07, 6.45) is 6.19. The fraction of sp³-hybridized carbons (Fsp3) is 0.722. The Morgan fingerprint density at radius 3 is 2.75 bits per heavy atom. The van der Waals surface area contributed by atoms with E-state index in [1.54, 1.807) is 11.3 Å². The number of nitrogens with one attached hydrogen (secondary N) is 1. The number of piperidine rings is 1. The fourth-order valence-corrected chi connectivity index (χ4v) is 4.81. The average molecular weight is 370 g/mol. The van der Waals surface area contributed by atoms with Crippen molar-refractivity contribution in [1.82, 2.24) is 15.1 Å². The minimum Gasteiger partial charge on any atom is -0.342 e. The van der Waals surface area contributed by atoms with Crippen LogP contribution in [0.1, 0.15) is 37.7 Å². The molecule has 1 atom stereocenters. The molecule has 1 amide bonds. The van der Waals surface area contributed by atoms with Gasteiger partial charge in [0, 0.05) is 25.7 Å². The molecule has 4 nitrogen and oxygen atoms in total. The Kier molecular flexibility index (Phi) is 5.55. The first-order valence-electron chi connectivity index (χ1n) is 8.89. The molecule has 4 rings (SSSR count). The maximum atomic E-state index is 12.6. The van der Waals surface area contributed by atoms with Crippen LogP contribution in [0.5, 0.6) is 0 Å². The topological polar surface area (TPSA) is 35.6 Å². The molecule has 2 saturated carbocycles. The summed E-state index contributed by atoms with van der Waals surface area (Å²) in [6, 6.07) is 3.31. The van der Waals surface area contributed by atoms with Crippen molar-refractivity contribution in [1.29, 1.82) is 0 Å². The molecule has 1 unspecified atom stereocenters. The molecule has 2 aliphatic carbocycles. The Hall–Kier alpha value is -0.620. The first-order valence-corrected chi connectivity index (χ1v) is 9.84. The van der Waals surface area contributed by atoms with E-state index in [-0.39, 0.29) is 12.4 Å². The standard InChI is InChI=1S/C18H27N3OS.ClH/c1-20(15-2-3-15)17(22)12-21(11-14-4-9-23-13-14)16-10-18(16)5-7-19-8-6-18;/h4,9,13,15-16,19H,2-3,5-8,10-12H2,1H3;1H. The van der Waals surface area contributed by atoms with Crippen molar-refractivity contribution in [2.45, 2.75) is 50.7 Å². The van der Waals surface area contributed by atoms with Crippen molar-refractivity contribution in [3.63, 3.8) is 0 Å². The number of hydrogen-bond acceptors (Lipinski definition) is 4. The molecule has 2 heterocycles. The predicted octanol–water partition coefficient (Wildman–Crippen LogP) is 2.73. The summed E-state index contributed by atoms with van der Waals surface area (Å²) < 4.78 is 0. The van der Waals surface area contributed by atoms with Gasteiger partial charge in [-0.25, -0.2) is 0 Å². The van der Waals surface area contributed by atoms with E-state index in [0.29, 0.717) is 30.0 Å². The van der Waals surface area contributed by atoms with Crippen LogP contribution in [0.25, 0.3) is 0 Å². The molecule has 6 heteroatoms. The Labute approximate surface area is 155 Å². The lowest BCUT2D eigenvalue weighted by Gasteiger charge is -2.30. The highest BCUT2D eigenvalue weighted by Crippen LogP contribution is 2.56. The number of hydrogen-bond donors (Lipinski definition) is 1. The summed E-state index contributed by atoms with van der Waals surface area (Å²) in [5.74, 6) is 0.304. The number of halogens is 1. The van der Waals surface area contributed by atoms with Crippen LogP contribution in [-0.4, -0.2) is 54.5 Å². The number of nitrogens with zero attached hydrogens (tertiary/aromatic N) is 2. The largest absolute Gasteiger partial charge is 0.342 e. The van der Waals surface area contributed by atoms with Gasteiger partial charge in [0.2, 0.25) is 5.91 Å². The lowest BCUT2D eigenvalue weighted by Crippen LogP contribution is -2.42. The zero-order valence-electron chi connectivity index (χ0n) is 14.4. The highest BCUT2D eigenvalue weighted by molar-refractivity contribution is 7.07. The molecule has 1 aliphatic heterocycles. The quantitative estimate of drug-likeness (QED) is 0.837. The maximum Gasteiger partial charge on any atom is 0.236 e. The molecule has 1 spiro atoms. The highest BCUT2D eigenvalue weighted by atomic mass is 35.5. The molecule has 1 aromatic heterocycles. The van der Waals surface area contributed by atoms with Crippen LogP contribution in [-0.2, 0) is 11.3 Å². The fourth-order valence-electron chi connectivity index (χ4n) is 4.15. The Morgan fingerprint density at radius 1 is 1.38 bits per heavy atom. The van der Waals surface area contributed by atoms with Gasteiger partial charge in [-0.05, 0) is 73.0 Å². The van der Waals surface area contributed by atoms with Gasteiger partial charge in [-0.2, -0.15) is 11.3 Å². The van der Waals surface area contributed by atoms with Gasteiger partial charge in [0.15, 0.2) is 0 Å². The average Bonchev–Trinajstić information content (AvgIpc) is 3.46. The van der Waals surface area contributed by atoms with E-state index in [0.717, 1.165) is 19.6 Å². The summed E-state index contributed by atoms with van der Waals surface area (Å²) in [4.78, 5) is 17.1. The maximum absolute atomic E-state index is 12.6. The number of carbonyl (C=O) groups excluding carboxylic acids is 1. The summed E-state index contributed by atoms with van der Waals surface area (Å²) in [7, 11) is 1.98. The molecule has 3 aliphatic rings. The van der Waals surface area contributed by atoms with Gasteiger partial charge in [0.25, 0.3) is 0 Å². The number of likely N-dealkylation sites (N-methyl/N-ethyl adjacent to an activating group) is 1. The third-order valence-corrected chi connectivity index (χ3v) is 6.71. The summed E-state index contributed by atoms with van der Waals surface area (Å²) >= 11 is 1.75. The van der Waals surface area contributed by atoms with Crippen molar-refractivity contribution in [2.75, 3.05) is 26.7 Å². The van der Waals surface area contributed by atoms with E-state index in [2.05, 4.69) is 27.0 Å². The van der Waals surface area contributed by atoms with Crippen LogP contribution in [0.15, 0.2) is 16.8 Å². The van der Waals surface area contributed by atoms with Crippen LogP contribution in [0.3, 0.4) is 0 Å². The van der Waals surface area contributed by atoms with Crippen LogP contribution < -0.4 is 5.32 Å². The van der Waals surface area contributed by atoms with Crippen LogP contribution >= 0.6 is 23.7 Å². The van der Waals surface area contributed by atoms with Crippen LogP contribution in [0.2, 0.25) is 0 Å². The van der Waals surface area contributed by atoms with Gasteiger partial charge in [0.05, 0.1) is 6.54 Å². The summed E-state index contributed by atoms with van der Waals surface area (Å²) in [5, 5.41) is 7.84. The van der Waals surface area contributed by atoms with Gasteiger partial charge < -0.3 is 10.2 Å². The van der Waals surface area contributed by atoms with Gasteiger partial charge in [-0.15, -0.1) is 12.4 Å². The molecule has 134 valence electrons. The summed E-state index contributed by atoms with van der Waals surface area (Å²) in [5.41, 5.74) is 1.84. The van der Waals surface area contributed by atoms with Crippen molar-refractivity contribution in [2.24, 2.45) is 5.41 Å². The van der Waals surface area contributed by atoms with Crippen molar-refractivity contribution >= 4 is 29.7 Å². The smallest absolute Gasteiger partial charge is 0.236 e. The number of amides is 1. The highest BCUT2D eigenvalue weighted by Gasteiger charge is 2.56. The van der Waals surface area contributed by atoms with E-state index < -0.39 is 0 Å². The summed E-state index contributed by atoms with van der Waals surface area (Å²) in [6.45, 7) is 3.79. The van der Waals surface area contributed by atoms with Crippen molar-refractivity contribution < 1.29 is 4.79 Å². The molecule has 0 aromatic carbocycles. The lowest BCUT2D eigenvalue weighted by atomic mass is 9.93. The Balaban J connectivity index is 0.00000169. The predicted molar refractivity (Wildman–Crippen MR) is 101 cm³/mol. The van der Waals surface area contributed by atoms with E-state index in [1.165, 1.54) is 37.7 Å². The first-order chi connectivity index (χ1) is 11.2. The SMILES string of the molecule is CN(C(=O)CN(Cc1ccsc1)C1CC12CCNCC2)C1CC1.Cl. The molecule has 1 N–H and O–H groups in total. The molecule has 1 aromatic rings. The molecule has 0 radical (unpaired) electrons. The normalized spacial score (nSPS) is 24.7. The van der Waals surface area contributed by atoms with Crippen molar-refractivity contribution in [3.8, 4) is 0 Å². The van der Waals surface area contributed by atoms with Crippen LogP contribution in [0, 0.1) is 5.41 Å². The van der Waals surface area contributed by atoms with Gasteiger partial charge in [-0.1, -0.05) is 0 Å². The van der Waals surface area contributed by atoms with Crippen LogP contribution in [0.4, 0.5) is 0 Å². The first kappa shape index (κ1) is 18.2. The Bertz CT molecular complexity index is 555.